The van der Waals surface area contributed by atoms with Gasteiger partial charge >= 0.3 is 0 Å². The highest BCUT2D eigenvalue weighted by atomic mass is 35.5. The molecule has 4 nitrogen and oxygen atoms in total. The third-order valence-electron chi connectivity index (χ3n) is 3.42. The van der Waals surface area contributed by atoms with Gasteiger partial charge in [0.15, 0.2) is 5.82 Å². The molecule has 0 radical (unpaired) electrons. The molecule has 94 valence electrons. The molecule has 1 saturated heterocycles. The summed E-state index contributed by atoms with van der Waals surface area (Å²) in [4.78, 5) is 3.30. The summed E-state index contributed by atoms with van der Waals surface area (Å²) in [6.45, 7) is 3.05. The van der Waals surface area contributed by atoms with Gasteiger partial charge in [0, 0.05) is 10.6 Å². The van der Waals surface area contributed by atoms with E-state index in [1.807, 2.05) is 25.1 Å². The molecule has 18 heavy (non-hydrogen) atoms. The van der Waals surface area contributed by atoms with E-state index in [0.29, 0.717) is 6.04 Å². The highest BCUT2D eigenvalue weighted by molar-refractivity contribution is 6.31. The fourth-order valence-electron chi connectivity index (χ4n) is 2.34. The van der Waals surface area contributed by atoms with Crippen LogP contribution in [0.5, 0.6) is 0 Å². The molecule has 1 fully saturated rings. The number of nitrogens with zero attached hydrogens (tertiary/aromatic N) is 2. The van der Waals surface area contributed by atoms with Crippen LogP contribution < -0.4 is 5.32 Å². The van der Waals surface area contributed by atoms with E-state index in [-0.39, 0.29) is 0 Å². The van der Waals surface area contributed by atoms with Crippen molar-refractivity contribution in [3.63, 3.8) is 0 Å². The number of hydrogen-bond acceptors (Lipinski definition) is 3. The summed E-state index contributed by atoms with van der Waals surface area (Å²) in [6.07, 6.45) is 2.31. The maximum atomic E-state index is 6.12. The van der Waals surface area contributed by atoms with Gasteiger partial charge < -0.3 is 10.3 Å². The lowest BCUT2D eigenvalue weighted by Gasteiger charge is -2.05. The van der Waals surface area contributed by atoms with Crippen molar-refractivity contribution in [2.24, 2.45) is 0 Å². The highest BCUT2D eigenvalue weighted by Crippen LogP contribution is 2.27. The summed E-state index contributed by atoms with van der Waals surface area (Å²) in [5, 5.41) is 12.6. The Morgan fingerprint density at radius 1 is 1.33 bits per heavy atom. The minimum atomic E-state index is 0.311. The highest BCUT2D eigenvalue weighted by Gasteiger charge is 2.20. The zero-order chi connectivity index (χ0) is 12.5. The largest absolute Gasteiger partial charge is 0.324 e. The third-order valence-corrected chi connectivity index (χ3v) is 3.83. The second kappa shape index (κ2) is 4.71. The number of halogens is 1. The van der Waals surface area contributed by atoms with Crippen LogP contribution in [0.3, 0.4) is 0 Å². The Balaban J connectivity index is 1.95. The van der Waals surface area contributed by atoms with Gasteiger partial charge in [0.05, 0.1) is 6.04 Å². The molecule has 0 aliphatic carbocycles. The summed E-state index contributed by atoms with van der Waals surface area (Å²) in [6, 6.07) is 6.13. The van der Waals surface area contributed by atoms with Gasteiger partial charge in [0.25, 0.3) is 0 Å². The fourth-order valence-corrected chi connectivity index (χ4v) is 2.51. The van der Waals surface area contributed by atoms with Crippen molar-refractivity contribution < 1.29 is 0 Å². The lowest BCUT2D eigenvalue weighted by molar-refractivity contribution is 0.608. The van der Waals surface area contributed by atoms with Crippen LogP contribution in [0.15, 0.2) is 18.2 Å². The first-order chi connectivity index (χ1) is 8.75. The molecule has 1 aliphatic rings. The number of aromatic amines is 1. The Morgan fingerprint density at radius 2 is 2.22 bits per heavy atom. The molecule has 1 aromatic heterocycles. The first-order valence-electron chi connectivity index (χ1n) is 6.17. The van der Waals surface area contributed by atoms with E-state index in [0.717, 1.165) is 40.8 Å². The van der Waals surface area contributed by atoms with Crippen LogP contribution in [0, 0.1) is 6.92 Å². The van der Waals surface area contributed by atoms with Crippen LogP contribution in [-0.4, -0.2) is 21.7 Å². The maximum absolute atomic E-state index is 6.12. The zero-order valence-corrected chi connectivity index (χ0v) is 11.0. The van der Waals surface area contributed by atoms with Gasteiger partial charge in [-0.2, -0.15) is 0 Å². The Labute approximate surface area is 111 Å². The van der Waals surface area contributed by atoms with E-state index in [2.05, 4.69) is 20.5 Å². The Bertz CT molecular complexity index is 558. The normalized spacial score (nSPS) is 19.3. The van der Waals surface area contributed by atoms with Crippen molar-refractivity contribution in [3.05, 3.63) is 34.6 Å². The molecule has 5 heteroatoms. The van der Waals surface area contributed by atoms with Crippen LogP contribution >= 0.6 is 11.6 Å². The van der Waals surface area contributed by atoms with Gasteiger partial charge in [0.2, 0.25) is 0 Å². The first kappa shape index (κ1) is 11.7. The minimum absolute atomic E-state index is 0.311. The first-order valence-corrected chi connectivity index (χ1v) is 6.55. The molecule has 2 N–H and O–H groups in total. The molecule has 0 amide bonds. The second-order valence-corrected chi connectivity index (χ2v) is 5.03. The molecule has 2 heterocycles. The van der Waals surface area contributed by atoms with Gasteiger partial charge in [-0.1, -0.05) is 23.7 Å². The molecule has 2 aromatic rings. The van der Waals surface area contributed by atoms with Gasteiger partial charge in [-0.05, 0) is 37.9 Å². The van der Waals surface area contributed by atoms with Crippen molar-refractivity contribution in [2.75, 3.05) is 6.54 Å². The number of hydrogen-bond donors (Lipinski definition) is 2. The molecule has 1 aromatic carbocycles. The molecule has 0 bridgehead atoms. The van der Waals surface area contributed by atoms with Gasteiger partial charge in [-0.15, -0.1) is 10.2 Å². The topological polar surface area (TPSA) is 53.6 Å². The molecule has 1 unspecified atom stereocenters. The van der Waals surface area contributed by atoms with E-state index in [4.69, 9.17) is 11.6 Å². The number of nitrogens with one attached hydrogen (secondary N) is 2. The Hall–Kier alpha value is -1.39. The number of rotatable bonds is 2. The maximum Gasteiger partial charge on any atom is 0.161 e. The van der Waals surface area contributed by atoms with Gasteiger partial charge in [-0.25, -0.2) is 0 Å². The average Bonchev–Trinajstić information content (AvgIpc) is 3.01. The molecular formula is C13H15ClN4. The van der Waals surface area contributed by atoms with Crippen molar-refractivity contribution in [1.82, 2.24) is 20.5 Å². The summed E-state index contributed by atoms with van der Waals surface area (Å²) in [5.41, 5.74) is 2.04. The van der Waals surface area contributed by atoms with E-state index in [9.17, 15) is 0 Å². The second-order valence-electron chi connectivity index (χ2n) is 4.62. The van der Waals surface area contributed by atoms with Crippen LogP contribution in [0.25, 0.3) is 11.4 Å². The van der Waals surface area contributed by atoms with Crippen molar-refractivity contribution in [2.45, 2.75) is 25.8 Å². The molecule has 0 spiro atoms. The molecule has 1 aliphatic heterocycles. The molecular weight excluding hydrogens is 248 g/mol. The predicted molar refractivity (Wildman–Crippen MR) is 71.5 cm³/mol. The number of aromatic nitrogens is 3. The minimum Gasteiger partial charge on any atom is -0.324 e. The smallest absolute Gasteiger partial charge is 0.161 e. The van der Waals surface area contributed by atoms with E-state index in [1.54, 1.807) is 0 Å². The average molecular weight is 263 g/mol. The van der Waals surface area contributed by atoms with Gasteiger partial charge in [-0.3, -0.25) is 0 Å². The lowest BCUT2D eigenvalue weighted by Crippen LogP contribution is -2.14. The zero-order valence-electron chi connectivity index (χ0n) is 10.2. The number of H-pyrrole nitrogens is 1. The summed E-state index contributed by atoms with van der Waals surface area (Å²) < 4.78 is 0. The SMILES string of the molecule is Cc1c(Cl)cccc1-c1nnc(C2CCCN2)[nH]1. The Kier molecular flexibility index (Phi) is 3.06. The molecule has 1 atom stereocenters. The predicted octanol–water partition coefficient (Wildman–Crippen LogP) is 2.86. The van der Waals surface area contributed by atoms with Gasteiger partial charge in [0.1, 0.15) is 5.82 Å². The van der Waals surface area contributed by atoms with E-state index in [1.165, 1.54) is 6.42 Å². The standard InChI is InChI=1S/C13H15ClN4/c1-8-9(4-2-5-10(8)14)12-16-13(18-17-12)11-6-3-7-15-11/h2,4-5,11,15H,3,6-7H2,1H3,(H,16,17,18). The molecule has 3 rings (SSSR count). The summed E-state index contributed by atoms with van der Waals surface area (Å²) in [5.74, 6) is 1.71. The van der Waals surface area contributed by atoms with Crippen LogP contribution in [-0.2, 0) is 0 Å². The lowest BCUT2D eigenvalue weighted by atomic mass is 10.1. The van der Waals surface area contributed by atoms with Crippen molar-refractivity contribution >= 4 is 11.6 Å². The van der Waals surface area contributed by atoms with Crippen molar-refractivity contribution in [1.29, 1.82) is 0 Å². The fraction of sp³-hybridized carbons (Fsp3) is 0.385. The molecule has 0 saturated carbocycles. The third kappa shape index (κ3) is 2.02. The van der Waals surface area contributed by atoms with Crippen molar-refractivity contribution in [3.8, 4) is 11.4 Å². The summed E-state index contributed by atoms with van der Waals surface area (Å²) >= 11 is 6.12. The Morgan fingerprint density at radius 3 is 3.00 bits per heavy atom. The summed E-state index contributed by atoms with van der Waals surface area (Å²) in [7, 11) is 0. The van der Waals surface area contributed by atoms with Crippen LogP contribution in [0.4, 0.5) is 0 Å². The quantitative estimate of drug-likeness (QED) is 0.875. The monoisotopic (exact) mass is 262 g/mol. The van der Waals surface area contributed by atoms with Crippen LogP contribution in [0.1, 0.15) is 30.3 Å². The van der Waals surface area contributed by atoms with E-state index >= 15 is 0 Å². The van der Waals surface area contributed by atoms with E-state index < -0.39 is 0 Å². The van der Waals surface area contributed by atoms with Crippen LogP contribution in [0.2, 0.25) is 5.02 Å². The number of benzene rings is 1.